The van der Waals surface area contributed by atoms with Crippen molar-refractivity contribution in [1.82, 2.24) is 10.2 Å². The SMILES string of the molecule is CC(=O)c1ccc(C(=O)N(C)C2CC3CCC(C2)N3)s1.Cl. The van der Waals surface area contributed by atoms with Gasteiger partial charge in [-0.1, -0.05) is 0 Å². The highest BCUT2D eigenvalue weighted by Crippen LogP contribution is 2.30. The Morgan fingerprint density at radius 2 is 1.76 bits per heavy atom. The lowest BCUT2D eigenvalue weighted by Gasteiger charge is -2.35. The Kier molecular flexibility index (Phi) is 5.07. The number of ketones is 1. The van der Waals surface area contributed by atoms with Gasteiger partial charge in [-0.25, -0.2) is 0 Å². The van der Waals surface area contributed by atoms with E-state index < -0.39 is 0 Å². The Morgan fingerprint density at radius 3 is 2.29 bits per heavy atom. The minimum Gasteiger partial charge on any atom is -0.338 e. The van der Waals surface area contributed by atoms with Crippen molar-refractivity contribution in [3.63, 3.8) is 0 Å². The molecule has 1 N–H and O–H groups in total. The van der Waals surface area contributed by atoms with Crippen LogP contribution in [0.5, 0.6) is 0 Å². The van der Waals surface area contributed by atoms with Crippen LogP contribution in [0, 0.1) is 0 Å². The summed E-state index contributed by atoms with van der Waals surface area (Å²) in [4.78, 5) is 27.0. The summed E-state index contributed by atoms with van der Waals surface area (Å²) >= 11 is 1.30. The fourth-order valence-corrected chi connectivity index (χ4v) is 4.21. The van der Waals surface area contributed by atoms with Crippen molar-refractivity contribution in [3.8, 4) is 0 Å². The van der Waals surface area contributed by atoms with E-state index in [0.717, 1.165) is 12.8 Å². The number of carbonyl (C=O) groups excluding carboxylic acids is 2. The maximum atomic E-state index is 12.5. The first-order valence-electron chi connectivity index (χ1n) is 7.18. The van der Waals surface area contributed by atoms with Gasteiger partial charge in [0.1, 0.15) is 0 Å². The number of Topliss-reactive ketones (excluding diaryl/α,β-unsaturated/α-hetero) is 1. The van der Waals surface area contributed by atoms with Gasteiger partial charge in [0.2, 0.25) is 0 Å². The van der Waals surface area contributed by atoms with Crippen molar-refractivity contribution in [3.05, 3.63) is 21.9 Å². The number of amides is 1. The zero-order chi connectivity index (χ0) is 14.3. The molecule has 21 heavy (non-hydrogen) atoms. The first-order valence-corrected chi connectivity index (χ1v) is 8.00. The molecule has 0 radical (unpaired) electrons. The average Bonchev–Trinajstić information content (AvgIpc) is 3.04. The summed E-state index contributed by atoms with van der Waals surface area (Å²) in [5.41, 5.74) is 0. The van der Waals surface area contributed by atoms with Gasteiger partial charge >= 0.3 is 0 Å². The smallest absolute Gasteiger partial charge is 0.263 e. The number of nitrogens with one attached hydrogen (secondary N) is 1. The molecule has 1 amide bonds. The normalized spacial score (nSPS) is 27.0. The number of hydrogen-bond acceptors (Lipinski definition) is 4. The summed E-state index contributed by atoms with van der Waals surface area (Å²) < 4.78 is 0. The largest absolute Gasteiger partial charge is 0.338 e. The maximum absolute atomic E-state index is 12.5. The molecular formula is C15H21ClN2O2S. The van der Waals surface area contributed by atoms with Gasteiger partial charge in [-0.3, -0.25) is 9.59 Å². The molecule has 0 aromatic carbocycles. The van der Waals surface area contributed by atoms with E-state index >= 15 is 0 Å². The fraction of sp³-hybridized carbons (Fsp3) is 0.600. The summed E-state index contributed by atoms with van der Waals surface area (Å²) in [5, 5.41) is 3.59. The monoisotopic (exact) mass is 328 g/mol. The van der Waals surface area contributed by atoms with E-state index in [4.69, 9.17) is 0 Å². The molecule has 2 atom stereocenters. The van der Waals surface area contributed by atoms with Gasteiger partial charge in [0, 0.05) is 25.2 Å². The first-order chi connectivity index (χ1) is 9.54. The van der Waals surface area contributed by atoms with E-state index in [1.54, 1.807) is 12.1 Å². The highest BCUT2D eigenvalue weighted by Gasteiger charge is 2.36. The predicted octanol–water partition coefficient (Wildman–Crippen LogP) is 2.73. The molecule has 3 rings (SSSR count). The third-order valence-corrected chi connectivity index (χ3v) is 5.65. The van der Waals surface area contributed by atoms with Crippen molar-refractivity contribution in [2.24, 2.45) is 0 Å². The standard InChI is InChI=1S/C15H20N2O2S.ClH/c1-9(18)13-5-6-14(20-13)15(19)17(2)12-7-10-3-4-11(8-12)16-10;/h5-6,10-12,16H,3-4,7-8H2,1-2H3;1H. The molecule has 1 aromatic rings. The fourth-order valence-electron chi connectivity index (χ4n) is 3.33. The zero-order valence-electron chi connectivity index (χ0n) is 12.3. The van der Waals surface area contributed by atoms with Crippen LogP contribution in [0.1, 0.15) is 52.0 Å². The Hall–Kier alpha value is -0.910. The molecule has 2 bridgehead atoms. The van der Waals surface area contributed by atoms with Crippen molar-refractivity contribution in [2.75, 3.05) is 7.05 Å². The van der Waals surface area contributed by atoms with Crippen LogP contribution in [0.3, 0.4) is 0 Å². The Morgan fingerprint density at radius 1 is 1.19 bits per heavy atom. The molecule has 2 aliphatic rings. The number of carbonyl (C=O) groups is 2. The lowest BCUT2D eigenvalue weighted by Crippen LogP contribution is -2.48. The molecule has 2 aliphatic heterocycles. The number of halogens is 1. The highest BCUT2D eigenvalue weighted by molar-refractivity contribution is 7.15. The maximum Gasteiger partial charge on any atom is 0.263 e. The van der Waals surface area contributed by atoms with Crippen LogP contribution >= 0.6 is 23.7 Å². The molecular weight excluding hydrogens is 308 g/mol. The van der Waals surface area contributed by atoms with E-state index in [9.17, 15) is 9.59 Å². The second kappa shape index (κ2) is 6.46. The van der Waals surface area contributed by atoms with Crippen molar-refractivity contribution in [2.45, 2.75) is 50.7 Å². The van der Waals surface area contributed by atoms with E-state index in [1.807, 2.05) is 11.9 Å². The van der Waals surface area contributed by atoms with Crippen LogP contribution in [-0.2, 0) is 0 Å². The number of hydrogen-bond donors (Lipinski definition) is 1. The summed E-state index contributed by atoms with van der Waals surface area (Å²) in [6.07, 6.45) is 4.56. The molecule has 2 fully saturated rings. The first kappa shape index (κ1) is 16.5. The van der Waals surface area contributed by atoms with Gasteiger partial charge in [0.15, 0.2) is 5.78 Å². The van der Waals surface area contributed by atoms with Crippen molar-refractivity contribution in [1.29, 1.82) is 0 Å². The molecule has 1 aromatic heterocycles. The molecule has 2 unspecified atom stereocenters. The number of piperidine rings is 1. The van der Waals surface area contributed by atoms with Gasteiger partial charge < -0.3 is 10.2 Å². The van der Waals surface area contributed by atoms with Crippen LogP contribution in [0.15, 0.2) is 12.1 Å². The van der Waals surface area contributed by atoms with Crippen LogP contribution in [0.4, 0.5) is 0 Å². The summed E-state index contributed by atoms with van der Waals surface area (Å²) in [7, 11) is 1.89. The molecule has 0 saturated carbocycles. The lowest BCUT2D eigenvalue weighted by molar-refractivity contribution is 0.0686. The Bertz CT molecular complexity index is 534. The topological polar surface area (TPSA) is 49.4 Å². The minimum absolute atomic E-state index is 0. The van der Waals surface area contributed by atoms with E-state index in [-0.39, 0.29) is 24.1 Å². The lowest BCUT2D eigenvalue weighted by atomic mass is 9.98. The highest BCUT2D eigenvalue weighted by atomic mass is 35.5. The second-order valence-electron chi connectivity index (χ2n) is 5.90. The van der Waals surface area contributed by atoms with Gasteiger partial charge in [0.05, 0.1) is 9.75 Å². The van der Waals surface area contributed by atoms with E-state index in [1.165, 1.54) is 31.1 Å². The van der Waals surface area contributed by atoms with Crippen LogP contribution in [0.2, 0.25) is 0 Å². The zero-order valence-corrected chi connectivity index (χ0v) is 13.9. The van der Waals surface area contributed by atoms with Crippen LogP contribution < -0.4 is 5.32 Å². The molecule has 3 heterocycles. The number of thiophene rings is 1. The molecule has 2 saturated heterocycles. The number of fused-ring (bicyclic) bond motifs is 2. The van der Waals surface area contributed by atoms with Gasteiger partial charge in [0.25, 0.3) is 5.91 Å². The average molecular weight is 329 g/mol. The second-order valence-corrected chi connectivity index (χ2v) is 6.98. The number of rotatable bonds is 3. The number of nitrogens with zero attached hydrogens (tertiary/aromatic N) is 1. The van der Waals surface area contributed by atoms with Gasteiger partial charge in [-0.05, 0) is 44.7 Å². The van der Waals surface area contributed by atoms with Crippen LogP contribution in [0.25, 0.3) is 0 Å². The van der Waals surface area contributed by atoms with Gasteiger partial charge in [-0.15, -0.1) is 23.7 Å². The summed E-state index contributed by atoms with van der Waals surface area (Å²) in [6.45, 7) is 1.54. The molecule has 116 valence electrons. The quantitative estimate of drug-likeness (QED) is 0.868. The third kappa shape index (κ3) is 3.30. The Labute approximate surface area is 135 Å². The third-order valence-electron chi connectivity index (χ3n) is 4.48. The van der Waals surface area contributed by atoms with Crippen LogP contribution in [-0.4, -0.2) is 41.8 Å². The minimum atomic E-state index is 0. The van der Waals surface area contributed by atoms with E-state index in [0.29, 0.717) is 27.9 Å². The molecule has 4 nitrogen and oxygen atoms in total. The van der Waals surface area contributed by atoms with E-state index in [2.05, 4.69) is 5.32 Å². The van der Waals surface area contributed by atoms with Gasteiger partial charge in [-0.2, -0.15) is 0 Å². The molecule has 0 spiro atoms. The predicted molar refractivity (Wildman–Crippen MR) is 86.6 cm³/mol. The molecule has 6 heteroatoms. The van der Waals surface area contributed by atoms with Crippen molar-refractivity contribution >= 4 is 35.4 Å². The summed E-state index contributed by atoms with van der Waals surface area (Å²) in [6, 6.07) is 5.00. The summed E-state index contributed by atoms with van der Waals surface area (Å²) in [5.74, 6) is 0.0745. The molecule has 0 aliphatic carbocycles. The van der Waals surface area contributed by atoms with Crippen molar-refractivity contribution < 1.29 is 9.59 Å². The Balaban J connectivity index is 0.00000161.